The fourth-order valence-electron chi connectivity index (χ4n) is 4.23. The minimum absolute atomic E-state index is 0.0292. The molecular weight excluding hydrogens is 464 g/mol. The summed E-state index contributed by atoms with van der Waals surface area (Å²) < 4.78 is 7.14. The fraction of sp³-hybridized carbons (Fsp3) is 0.500. The first-order chi connectivity index (χ1) is 17.2. The summed E-state index contributed by atoms with van der Waals surface area (Å²) in [6, 6.07) is 8.84. The van der Waals surface area contributed by atoms with E-state index in [0.717, 1.165) is 5.56 Å². The molecule has 6 N–H and O–H groups in total. The van der Waals surface area contributed by atoms with Crippen molar-refractivity contribution in [2.75, 3.05) is 51.2 Å². The maximum absolute atomic E-state index is 12.7. The molecule has 194 valence electrons. The van der Waals surface area contributed by atoms with Crippen LogP contribution < -0.4 is 27.8 Å². The highest BCUT2D eigenvalue weighted by atomic mass is 16.5. The van der Waals surface area contributed by atoms with Crippen LogP contribution in [0, 0.1) is 0 Å². The first kappa shape index (κ1) is 25.8. The van der Waals surface area contributed by atoms with Crippen LogP contribution in [-0.4, -0.2) is 88.8 Å². The molecular formula is C24H34N8O4. The summed E-state index contributed by atoms with van der Waals surface area (Å²) in [6.45, 7) is 6.56. The van der Waals surface area contributed by atoms with Crippen molar-refractivity contribution in [1.29, 1.82) is 0 Å². The van der Waals surface area contributed by atoms with Crippen molar-refractivity contribution in [3.8, 4) is 5.69 Å². The molecule has 0 bridgehead atoms. The lowest BCUT2D eigenvalue weighted by Crippen LogP contribution is -2.58. The molecule has 3 amide bonds. The highest BCUT2D eigenvalue weighted by Crippen LogP contribution is 2.19. The number of amides is 3. The fourth-order valence-corrected chi connectivity index (χ4v) is 4.23. The third kappa shape index (κ3) is 5.90. The number of carbonyl (C=O) groups is 2. The minimum atomic E-state index is -0.950. The molecule has 0 spiro atoms. The van der Waals surface area contributed by atoms with Gasteiger partial charge in [-0.3, -0.25) is 14.7 Å². The Labute approximate surface area is 209 Å². The number of nitrogens with two attached hydrogens (primary N) is 2. The Morgan fingerprint density at radius 1 is 1.14 bits per heavy atom. The smallest absolute Gasteiger partial charge is 0.354 e. The van der Waals surface area contributed by atoms with Gasteiger partial charge in [-0.1, -0.05) is 12.1 Å². The first-order valence-corrected chi connectivity index (χ1v) is 12.0. The Bertz CT molecular complexity index is 1130. The van der Waals surface area contributed by atoms with Crippen LogP contribution in [0.25, 0.3) is 5.69 Å². The molecule has 1 aromatic carbocycles. The van der Waals surface area contributed by atoms with E-state index in [0.29, 0.717) is 51.6 Å². The van der Waals surface area contributed by atoms with Crippen molar-refractivity contribution in [2.45, 2.75) is 31.5 Å². The normalized spacial score (nSPS) is 20.8. The summed E-state index contributed by atoms with van der Waals surface area (Å²) in [6.07, 6.45) is 1.61. The molecule has 12 nitrogen and oxygen atoms in total. The van der Waals surface area contributed by atoms with Gasteiger partial charge in [0.2, 0.25) is 5.91 Å². The van der Waals surface area contributed by atoms with E-state index < -0.39 is 11.2 Å². The zero-order valence-electron chi connectivity index (χ0n) is 20.6. The molecule has 0 aliphatic carbocycles. The zero-order valence-corrected chi connectivity index (χ0v) is 20.6. The third-order valence-corrected chi connectivity index (χ3v) is 6.37. The predicted molar refractivity (Wildman–Crippen MR) is 135 cm³/mol. The number of hydrogen-bond acceptors (Lipinski definition) is 8. The molecule has 2 saturated heterocycles. The number of anilines is 1. The molecule has 12 heteroatoms. The number of urea groups is 1. The second-order valence-corrected chi connectivity index (χ2v) is 9.64. The standard InChI is InChI=1S/C24H34N8O4/c1-24(2,26)21(33)30-9-11-31(12-10-30)22(34)28-20-7-8-32(23(35)29-20)17-5-3-16(4-6-17)19-15-36-18(13-25)14-27-19/h3-8,18-19,27H,9-15,25-26H2,1-2H3,(H,28,29,34,35). The lowest BCUT2D eigenvalue weighted by Gasteiger charge is -2.37. The van der Waals surface area contributed by atoms with Crippen molar-refractivity contribution in [1.82, 2.24) is 24.7 Å². The molecule has 2 atom stereocenters. The van der Waals surface area contributed by atoms with Gasteiger partial charge in [0.25, 0.3) is 0 Å². The number of aromatic nitrogens is 2. The number of piperazine rings is 1. The van der Waals surface area contributed by atoms with Crippen LogP contribution in [0.2, 0.25) is 0 Å². The van der Waals surface area contributed by atoms with Gasteiger partial charge in [-0.25, -0.2) is 9.59 Å². The number of hydrogen-bond donors (Lipinski definition) is 4. The van der Waals surface area contributed by atoms with Crippen molar-refractivity contribution < 1.29 is 14.3 Å². The maximum Gasteiger partial charge on any atom is 0.354 e. The molecule has 3 heterocycles. The Morgan fingerprint density at radius 3 is 2.36 bits per heavy atom. The molecule has 2 fully saturated rings. The summed E-state index contributed by atoms with van der Waals surface area (Å²) in [5.41, 5.74) is 11.8. The van der Waals surface area contributed by atoms with Crippen molar-refractivity contribution >= 4 is 17.8 Å². The molecule has 1 aromatic heterocycles. The van der Waals surface area contributed by atoms with E-state index in [1.165, 1.54) is 4.57 Å². The van der Waals surface area contributed by atoms with Gasteiger partial charge >= 0.3 is 11.7 Å². The molecule has 2 unspecified atom stereocenters. The number of ether oxygens (including phenoxy) is 1. The van der Waals surface area contributed by atoms with E-state index >= 15 is 0 Å². The number of morpholine rings is 1. The van der Waals surface area contributed by atoms with Gasteiger partial charge in [0.15, 0.2) is 0 Å². The predicted octanol–water partition coefficient (Wildman–Crippen LogP) is -0.366. The van der Waals surface area contributed by atoms with Gasteiger partial charge in [0, 0.05) is 45.5 Å². The highest BCUT2D eigenvalue weighted by Gasteiger charge is 2.31. The summed E-state index contributed by atoms with van der Waals surface area (Å²) >= 11 is 0. The Morgan fingerprint density at radius 2 is 1.81 bits per heavy atom. The van der Waals surface area contributed by atoms with Gasteiger partial charge in [0.1, 0.15) is 5.82 Å². The van der Waals surface area contributed by atoms with Crippen molar-refractivity contribution in [3.05, 3.63) is 52.6 Å². The SMILES string of the molecule is CC(C)(N)C(=O)N1CCN(C(=O)Nc2ccn(-c3ccc(C4COC(CN)CN4)cc3)c(=O)n2)CC1. The van der Waals surface area contributed by atoms with Gasteiger partial charge in [-0.15, -0.1) is 0 Å². The lowest BCUT2D eigenvalue weighted by atomic mass is 10.1. The number of nitrogens with one attached hydrogen (secondary N) is 2. The van der Waals surface area contributed by atoms with Crippen LogP contribution in [0.3, 0.4) is 0 Å². The van der Waals surface area contributed by atoms with Crippen LogP contribution in [0.15, 0.2) is 41.3 Å². The van der Waals surface area contributed by atoms with E-state index in [1.54, 1.807) is 35.9 Å². The number of carbonyl (C=O) groups excluding carboxylic acids is 2. The summed E-state index contributed by atoms with van der Waals surface area (Å²) in [5, 5.41) is 6.09. The second-order valence-electron chi connectivity index (χ2n) is 9.64. The van der Waals surface area contributed by atoms with Crippen molar-refractivity contribution in [2.24, 2.45) is 11.5 Å². The summed E-state index contributed by atoms with van der Waals surface area (Å²) in [5.74, 6) is 0.0157. The minimum Gasteiger partial charge on any atom is -0.374 e. The van der Waals surface area contributed by atoms with Crippen LogP contribution in [-0.2, 0) is 9.53 Å². The quantitative estimate of drug-likeness (QED) is 0.434. The topological polar surface area (TPSA) is 161 Å². The van der Waals surface area contributed by atoms with E-state index in [1.807, 2.05) is 24.3 Å². The maximum atomic E-state index is 12.7. The average Bonchev–Trinajstić information content (AvgIpc) is 2.88. The summed E-state index contributed by atoms with van der Waals surface area (Å²) in [7, 11) is 0. The molecule has 2 aliphatic rings. The van der Waals surface area contributed by atoms with Gasteiger partial charge < -0.3 is 31.3 Å². The number of benzene rings is 1. The molecule has 0 radical (unpaired) electrons. The number of rotatable bonds is 5. The van der Waals surface area contributed by atoms with Crippen LogP contribution in [0.4, 0.5) is 10.6 Å². The Hall–Kier alpha value is -3.32. The molecule has 36 heavy (non-hydrogen) atoms. The van der Waals surface area contributed by atoms with Crippen LogP contribution in [0.5, 0.6) is 0 Å². The van der Waals surface area contributed by atoms with Crippen molar-refractivity contribution in [3.63, 3.8) is 0 Å². The second kappa shape index (κ2) is 10.7. The van der Waals surface area contributed by atoms with Gasteiger partial charge in [-0.05, 0) is 37.6 Å². The lowest BCUT2D eigenvalue weighted by molar-refractivity contribution is -0.137. The van der Waals surface area contributed by atoms with E-state index in [-0.39, 0.29) is 29.9 Å². The Balaban J connectivity index is 1.34. The van der Waals surface area contributed by atoms with Crippen LogP contribution >= 0.6 is 0 Å². The molecule has 0 saturated carbocycles. The van der Waals surface area contributed by atoms with Gasteiger partial charge in [0.05, 0.1) is 30.0 Å². The molecule has 2 aromatic rings. The van der Waals surface area contributed by atoms with Gasteiger partial charge in [-0.2, -0.15) is 4.98 Å². The molecule has 4 rings (SSSR count). The van der Waals surface area contributed by atoms with E-state index in [4.69, 9.17) is 16.2 Å². The summed E-state index contributed by atoms with van der Waals surface area (Å²) in [4.78, 5) is 44.9. The highest BCUT2D eigenvalue weighted by molar-refractivity contribution is 5.89. The third-order valence-electron chi connectivity index (χ3n) is 6.37. The Kier molecular flexibility index (Phi) is 7.69. The first-order valence-electron chi connectivity index (χ1n) is 12.0. The molecule has 2 aliphatic heterocycles. The average molecular weight is 499 g/mol. The monoisotopic (exact) mass is 498 g/mol. The largest absolute Gasteiger partial charge is 0.374 e. The van der Waals surface area contributed by atoms with E-state index in [9.17, 15) is 14.4 Å². The van der Waals surface area contributed by atoms with E-state index in [2.05, 4.69) is 15.6 Å². The zero-order chi connectivity index (χ0) is 25.9. The number of nitrogens with zero attached hydrogens (tertiary/aromatic N) is 4. The van der Waals surface area contributed by atoms with Crippen LogP contribution in [0.1, 0.15) is 25.5 Å².